The molecule has 1 aliphatic heterocycles. The highest BCUT2D eigenvalue weighted by molar-refractivity contribution is 7.08. The molecule has 2 rings (SSSR count). The van der Waals surface area contributed by atoms with Crippen LogP contribution in [0.3, 0.4) is 0 Å². The summed E-state index contributed by atoms with van der Waals surface area (Å²) in [4.78, 5) is 0. The number of aliphatic hydroxyl groups is 1. The zero-order chi connectivity index (χ0) is 10.2. The van der Waals surface area contributed by atoms with Crippen molar-refractivity contribution in [1.82, 2.24) is 0 Å². The third-order valence-electron chi connectivity index (χ3n) is 1.70. The maximum atomic E-state index is 8.07. The first-order valence-electron chi connectivity index (χ1n) is 4.81. The summed E-state index contributed by atoms with van der Waals surface area (Å²) < 4.78 is 10.5. The molecular formula is C10H16O3S. The number of aliphatic hydroxyl groups excluding tert-OH is 1. The molecule has 0 saturated carbocycles. The molecule has 0 bridgehead atoms. The maximum absolute atomic E-state index is 8.07. The van der Waals surface area contributed by atoms with E-state index < -0.39 is 0 Å². The van der Waals surface area contributed by atoms with Gasteiger partial charge in [-0.25, -0.2) is 0 Å². The van der Waals surface area contributed by atoms with Gasteiger partial charge in [0.15, 0.2) is 11.5 Å². The molecule has 0 fully saturated rings. The predicted molar refractivity (Wildman–Crippen MR) is 57.3 cm³/mol. The summed E-state index contributed by atoms with van der Waals surface area (Å²) >= 11 is 1.61. The molecule has 1 aliphatic rings. The van der Waals surface area contributed by atoms with Crippen molar-refractivity contribution in [2.45, 2.75) is 19.8 Å². The van der Waals surface area contributed by atoms with Gasteiger partial charge >= 0.3 is 0 Å². The molecule has 4 heteroatoms. The van der Waals surface area contributed by atoms with Gasteiger partial charge in [0.1, 0.15) is 13.2 Å². The van der Waals surface area contributed by atoms with Crippen molar-refractivity contribution in [2.24, 2.45) is 0 Å². The minimum absolute atomic E-state index is 0.344. The fourth-order valence-corrected chi connectivity index (χ4v) is 1.63. The third kappa shape index (κ3) is 3.55. The number of fused-ring (bicyclic) bond motifs is 1. The van der Waals surface area contributed by atoms with Gasteiger partial charge in [0, 0.05) is 17.4 Å². The number of hydrogen-bond donors (Lipinski definition) is 1. The lowest BCUT2D eigenvalue weighted by Gasteiger charge is -2.13. The number of hydrogen-bond acceptors (Lipinski definition) is 4. The summed E-state index contributed by atoms with van der Waals surface area (Å²) in [6, 6.07) is 0. The second-order valence-electron chi connectivity index (χ2n) is 2.87. The van der Waals surface area contributed by atoms with Crippen LogP contribution < -0.4 is 9.47 Å². The van der Waals surface area contributed by atoms with E-state index in [9.17, 15) is 0 Å². The zero-order valence-electron chi connectivity index (χ0n) is 8.36. The van der Waals surface area contributed by atoms with Gasteiger partial charge in [-0.15, -0.1) is 11.3 Å². The smallest absolute Gasteiger partial charge is 0.172 e. The molecule has 0 aliphatic carbocycles. The average molecular weight is 216 g/mol. The minimum atomic E-state index is 0.344. The van der Waals surface area contributed by atoms with E-state index in [1.165, 1.54) is 0 Å². The average Bonchev–Trinajstić information content (AvgIpc) is 2.67. The van der Waals surface area contributed by atoms with Crippen LogP contribution in [0.5, 0.6) is 11.5 Å². The van der Waals surface area contributed by atoms with Crippen molar-refractivity contribution in [3.8, 4) is 11.5 Å². The van der Waals surface area contributed by atoms with E-state index in [1.807, 2.05) is 10.8 Å². The monoisotopic (exact) mass is 216 g/mol. The van der Waals surface area contributed by atoms with Crippen molar-refractivity contribution in [3.63, 3.8) is 0 Å². The van der Waals surface area contributed by atoms with Crippen LogP contribution >= 0.6 is 11.3 Å². The Bertz CT molecular complexity index is 225. The standard InChI is InChI=1S/C6H6O2S.C4H10O/c1-2-8-6-4-9-3-5(6)7-1;1-2-3-4-5/h3-4H,1-2H2;5H,2-4H2,1H3. The molecule has 0 spiro atoms. The van der Waals surface area contributed by atoms with Crippen molar-refractivity contribution >= 4 is 11.3 Å². The van der Waals surface area contributed by atoms with Crippen LogP contribution in [-0.4, -0.2) is 24.9 Å². The van der Waals surface area contributed by atoms with Gasteiger partial charge in [-0.05, 0) is 6.42 Å². The Kier molecular flexibility index (Phi) is 5.40. The molecule has 0 unspecified atom stereocenters. The second-order valence-corrected chi connectivity index (χ2v) is 3.62. The lowest BCUT2D eigenvalue weighted by molar-refractivity contribution is 0.173. The minimum Gasteiger partial charge on any atom is -0.485 e. The Morgan fingerprint density at radius 3 is 2.21 bits per heavy atom. The molecule has 2 heterocycles. The Balaban J connectivity index is 0.000000171. The molecule has 3 nitrogen and oxygen atoms in total. The van der Waals surface area contributed by atoms with E-state index in [2.05, 4.69) is 6.92 Å². The van der Waals surface area contributed by atoms with Gasteiger partial charge in [-0.3, -0.25) is 0 Å². The van der Waals surface area contributed by atoms with E-state index in [1.54, 1.807) is 11.3 Å². The zero-order valence-corrected chi connectivity index (χ0v) is 9.18. The van der Waals surface area contributed by atoms with Crippen LogP contribution in [0, 0.1) is 0 Å². The molecule has 0 amide bonds. The molecule has 1 aromatic heterocycles. The highest BCUT2D eigenvalue weighted by atomic mass is 32.1. The molecule has 0 radical (unpaired) electrons. The summed E-state index contributed by atoms with van der Waals surface area (Å²) in [6.45, 7) is 3.76. The summed E-state index contributed by atoms with van der Waals surface area (Å²) in [5.74, 6) is 1.79. The number of rotatable bonds is 2. The van der Waals surface area contributed by atoms with Crippen LogP contribution in [-0.2, 0) is 0 Å². The van der Waals surface area contributed by atoms with Crippen LogP contribution in [0.1, 0.15) is 19.8 Å². The largest absolute Gasteiger partial charge is 0.485 e. The molecule has 14 heavy (non-hydrogen) atoms. The summed E-state index contributed by atoms with van der Waals surface area (Å²) in [5.41, 5.74) is 0. The van der Waals surface area contributed by atoms with Gasteiger partial charge in [-0.2, -0.15) is 0 Å². The van der Waals surface area contributed by atoms with Gasteiger partial charge in [-0.1, -0.05) is 13.3 Å². The summed E-state index contributed by atoms with van der Waals surface area (Å²) in [7, 11) is 0. The van der Waals surface area contributed by atoms with E-state index in [4.69, 9.17) is 14.6 Å². The Morgan fingerprint density at radius 1 is 1.29 bits per heavy atom. The highest BCUT2D eigenvalue weighted by Gasteiger charge is 2.10. The SMILES string of the molecule is CCCCO.c1scc2c1OCCO2. The Morgan fingerprint density at radius 2 is 1.86 bits per heavy atom. The van der Waals surface area contributed by atoms with Crippen molar-refractivity contribution in [2.75, 3.05) is 19.8 Å². The van der Waals surface area contributed by atoms with E-state index >= 15 is 0 Å². The molecule has 0 aromatic carbocycles. The fraction of sp³-hybridized carbons (Fsp3) is 0.600. The fourth-order valence-electron chi connectivity index (χ4n) is 0.945. The molecular weight excluding hydrogens is 200 g/mol. The van der Waals surface area contributed by atoms with Crippen molar-refractivity contribution < 1.29 is 14.6 Å². The van der Waals surface area contributed by atoms with Gasteiger partial charge in [0.05, 0.1) is 0 Å². The van der Waals surface area contributed by atoms with E-state index in [0.29, 0.717) is 19.8 Å². The normalized spacial score (nSPS) is 13.0. The summed E-state index contributed by atoms with van der Waals surface area (Å²) in [6.07, 6.45) is 2.04. The first kappa shape index (κ1) is 11.3. The van der Waals surface area contributed by atoms with Gasteiger partial charge in [0.25, 0.3) is 0 Å². The summed E-state index contributed by atoms with van der Waals surface area (Å²) in [5, 5.41) is 12.0. The lowest BCUT2D eigenvalue weighted by Crippen LogP contribution is -2.13. The maximum Gasteiger partial charge on any atom is 0.172 e. The van der Waals surface area contributed by atoms with Crippen LogP contribution in [0.4, 0.5) is 0 Å². The lowest BCUT2D eigenvalue weighted by atomic mass is 10.4. The van der Waals surface area contributed by atoms with Gasteiger partial charge < -0.3 is 14.6 Å². The van der Waals surface area contributed by atoms with E-state index in [0.717, 1.165) is 24.3 Å². The van der Waals surface area contributed by atoms with Crippen LogP contribution in [0.25, 0.3) is 0 Å². The molecule has 0 atom stereocenters. The topological polar surface area (TPSA) is 38.7 Å². The number of ether oxygens (including phenoxy) is 2. The Labute approximate surface area is 88.3 Å². The third-order valence-corrected chi connectivity index (χ3v) is 2.40. The van der Waals surface area contributed by atoms with E-state index in [-0.39, 0.29) is 0 Å². The predicted octanol–water partition coefficient (Wildman–Crippen LogP) is 2.30. The molecule has 80 valence electrons. The quantitative estimate of drug-likeness (QED) is 0.824. The molecule has 0 saturated heterocycles. The number of thiophene rings is 1. The van der Waals surface area contributed by atoms with Crippen molar-refractivity contribution in [1.29, 1.82) is 0 Å². The van der Waals surface area contributed by atoms with Crippen LogP contribution in [0.15, 0.2) is 10.8 Å². The van der Waals surface area contributed by atoms with Gasteiger partial charge in [0.2, 0.25) is 0 Å². The first-order valence-corrected chi connectivity index (χ1v) is 5.75. The first-order chi connectivity index (χ1) is 6.88. The second kappa shape index (κ2) is 6.68. The highest BCUT2D eigenvalue weighted by Crippen LogP contribution is 2.33. The van der Waals surface area contributed by atoms with Crippen LogP contribution in [0.2, 0.25) is 0 Å². The number of unbranched alkanes of at least 4 members (excludes halogenated alkanes) is 1. The molecule has 1 aromatic rings. The van der Waals surface area contributed by atoms with Crippen molar-refractivity contribution in [3.05, 3.63) is 10.8 Å². The Hall–Kier alpha value is -0.740. The molecule has 1 N–H and O–H groups in total.